The Labute approximate surface area is 598 Å². The van der Waals surface area contributed by atoms with Crippen LogP contribution >= 0.6 is 0 Å². The van der Waals surface area contributed by atoms with Gasteiger partial charge in [-0.1, -0.05) is 88.0 Å². The van der Waals surface area contributed by atoms with Gasteiger partial charge in [0.15, 0.2) is 0 Å². The first-order valence-electron chi connectivity index (χ1n) is 36.5. The molecule has 0 aliphatic rings. The van der Waals surface area contributed by atoms with E-state index in [0.29, 0.717) is 104 Å². The number of amides is 1. The van der Waals surface area contributed by atoms with Crippen LogP contribution in [0, 0.1) is 0 Å². The van der Waals surface area contributed by atoms with Crippen LogP contribution in [0.2, 0.25) is 51.9 Å². The molecule has 97 heavy (non-hydrogen) atoms. The van der Waals surface area contributed by atoms with E-state index in [1.807, 2.05) is 40.8 Å². The highest BCUT2D eigenvalue weighted by Gasteiger charge is 2.53. The number of hydrogen-bond donors (Lipinski definition) is 3. The van der Waals surface area contributed by atoms with Gasteiger partial charge in [0.25, 0.3) is 0 Å². The average Bonchev–Trinajstić information content (AvgIpc) is 0.843. The SMILES string of the molecule is CCCCCCC(=O)OCCCCCC(=O)OCCCCCC(=O)OCCCCCC(=O)OCCCC.CCCO[SiH](C)OCCC.CCCO[SiH](C)O[Si](C)(OCCC)O[Si](C)(OCCC)O[Si](C)(O)OCCC.CCCO[Si](C)(C)O.CO[Si](CCCNC(C)=O)(OC)OC. The molecule has 0 saturated carbocycles. The third kappa shape index (κ3) is 76.7. The fourth-order valence-corrected chi connectivity index (χ4v) is 24.4. The highest BCUT2D eigenvalue weighted by molar-refractivity contribution is 6.81. The van der Waals surface area contributed by atoms with Crippen LogP contribution in [-0.2, 0) is 99.5 Å². The number of nitrogens with one attached hydrogen (secondary N) is 1. The maximum atomic E-state index is 11.8. The standard InChI is InChI=1S/C29H52O8.C16H42O8Si4.C8H19NO4Si.C7H18O2Si.C5H14O2Si/c1-3-5-7-11-18-27(31)35-23-16-9-13-20-29(33)37-25-17-10-14-21-28(32)36-24-15-8-12-19-26(30)34-22-6-4-2;1-9-13-18-25(5)22-27(7,20-15-11-3)24-28(8,21-16-12-4)23-26(6,17)19-14-10-2;1-8(10)9-6-5-7-14(11-2,12-3)13-4;1-4-6-8-10(3)9-7-5-2;1-4-5-7-8(2,3)6/h3-25H2,1-2H3;17,25H,9-16H2,1-8H3;5-7H2,1-4H3,(H,9,10);10H,4-7H2,1-3H3;6H,4-5H2,1-3H3. The van der Waals surface area contributed by atoms with Crippen LogP contribution in [0.25, 0.3) is 0 Å². The molecule has 0 rings (SSSR count). The van der Waals surface area contributed by atoms with E-state index < -0.39 is 62.3 Å². The first-order chi connectivity index (χ1) is 46.0. The monoisotopic (exact) mass is 1520 g/mol. The van der Waals surface area contributed by atoms with Gasteiger partial charge in [-0.25, -0.2) is 0 Å². The van der Waals surface area contributed by atoms with Crippen LogP contribution < -0.4 is 5.32 Å². The van der Waals surface area contributed by atoms with Gasteiger partial charge in [0.2, 0.25) is 5.91 Å². The number of rotatable bonds is 60. The summed E-state index contributed by atoms with van der Waals surface area (Å²) in [4.78, 5) is 76.9. The fraction of sp³-hybridized carbons (Fsp3) is 0.923. The first kappa shape index (κ1) is 104. The highest BCUT2D eigenvalue weighted by atomic mass is 28.5. The van der Waals surface area contributed by atoms with Crippen LogP contribution in [0.1, 0.15) is 243 Å². The Balaban J connectivity index is -0.000000408. The summed E-state index contributed by atoms with van der Waals surface area (Å²) in [5.74, 6) is -0.722. The molecule has 0 heterocycles. The maximum absolute atomic E-state index is 11.8. The van der Waals surface area contributed by atoms with Crippen molar-refractivity contribution in [2.45, 2.75) is 294 Å². The third-order valence-corrected chi connectivity index (χ3v) is 30.1. The van der Waals surface area contributed by atoms with Gasteiger partial charge >= 0.3 is 86.2 Å². The zero-order chi connectivity index (χ0) is 74.6. The van der Waals surface area contributed by atoms with E-state index in [0.717, 1.165) is 154 Å². The average molecular weight is 1520 g/mol. The molecule has 0 bridgehead atoms. The summed E-state index contributed by atoms with van der Waals surface area (Å²) in [6, 6.07) is 0.705. The molecule has 4 unspecified atom stereocenters. The topological polar surface area (TPSA) is 295 Å². The highest BCUT2D eigenvalue weighted by Crippen LogP contribution is 2.25. The summed E-state index contributed by atoms with van der Waals surface area (Å²) in [5.41, 5.74) is 0. The number of ether oxygens (including phenoxy) is 4. The van der Waals surface area contributed by atoms with Crippen molar-refractivity contribution in [3.8, 4) is 0 Å². The first-order valence-corrected chi connectivity index (χ1v) is 52.2. The summed E-state index contributed by atoms with van der Waals surface area (Å²) in [5, 5.41) is 2.71. The summed E-state index contributed by atoms with van der Waals surface area (Å²) < 4.78 is 94.1. The number of carbonyl (C=O) groups is 5. The van der Waals surface area contributed by atoms with Gasteiger partial charge in [-0.05, 0) is 148 Å². The molecule has 0 aromatic rings. The Morgan fingerprint density at radius 2 is 0.711 bits per heavy atom. The van der Waals surface area contributed by atoms with Gasteiger partial charge in [-0.2, -0.15) is 0 Å². The molecular weight excluding hydrogens is 1380 g/mol. The van der Waals surface area contributed by atoms with Crippen molar-refractivity contribution < 1.29 is 109 Å². The second-order valence-corrected chi connectivity index (χ2v) is 42.1. The lowest BCUT2D eigenvalue weighted by atomic mass is 10.1. The van der Waals surface area contributed by atoms with Gasteiger partial charge in [-0.3, -0.25) is 24.0 Å². The smallest absolute Gasteiger partial charge is 0.466 e. The molecular formula is C65H145NO24Si7. The zero-order valence-electron chi connectivity index (χ0n) is 64.8. The minimum Gasteiger partial charge on any atom is -0.466 e. The van der Waals surface area contributed by atoms with Crippen LogP contribution in [-0.4, -0.2) is 202 Å². The third-order valence-electron chi connectivity index (χ3n) is 13.0. The van der Waals surface area contributed by atoms with Crippen LogP contribution in [0.4, 0.5) is 0 Å². The van der Waals surface area contributed by atoms with Gasteiger partial charge in [0.05, 0.1) is 26.4 Å². The summed E-state index contributed by atoms with van der Waals surface area (Å²) in [6.45, 7) is 39.5. The van der Waals surface area contributed by atoms with Crippen molar-refractivity contribution in [2.75, 3.05) is 101 Å². The second-order valence-electron chi connectivity index (χ2n) is 23.9. The minimum atomic E-state index is -3.40. The predicted octanol–water partition coefficient (Wildman–Crippen LogP) is 13.1. The van der Waals surface area contributed by atoms with Gasteiger partial charge < -0.3 is 90.5 Å². The minimum absolute atomic E-state index is 0.0236. The van der Waals surface area contributed by atoms with Crippen LogP contribution in [0.15, 0.2) is 0 Å². The predicted molar refractivity (Wildman–Crippen MR) is 398 cm³/mol. The molecule has 1 amide bonds. The maximum Gasteiger partial charge on any atom is 0.500 e. The fourth-order valence-electron chi connectivity index (χ4n) is 7.97. The molecule has 582 valence electrons. The number of unbranched alkanes of at least 4 members (excludes halogenated alkanes) is 10. The molecule has 0 aliphatic carbocycles. The quantitative estimate of drug-likeness (QED) is 0.0221. The lowest BCUT2D eigenvalue weighted by molar-refractivity contribution is -0.145. The molecule has 0 radical (unpaired) electrons. The molecule has 25 nitrogen and oxygen atoms in total. The lowest BCUT2D eigenvalue weighted by Crippen LogP contribution is -2.61. The van der Waals surface area contributed by atoms with E-state index in [2.05, 4.69) is 46.5 Å². The number of esters is 4. The van der Waals surface area contributed by atoms with E-state index in [-0.39, 0.29) is 29.8 Å². The number of hydrogen-bond acceptors (Lipinski definition) is 24. The van der Waals surface area contributed by atoms with Crippen molar-refractivity contribution in [1.82, 2.24) is 5.32 Å². The van der Waals surface area contributed by atoms with Gasteiger partial charge in [-0.15, -0.1) is 0 Å². The van der Waals surface area contributed by atoms with Gasteiger partial charge in [0, 0.05) is 132 Å². The van der Waals surface area contributed by atoms with E-state index in [1.165, 1.54) is 6.92 Å². The molecule has 0 saturated heterocycles. The summed E-state index contributed by atoms with van der Waals surface area (Å²) >= 11 is 0. The summed E-state index contributed by atoms with van der Waals surface area (Å²) in [6.07, 6.45) is 22.0. The molecule has 0 aromatic carbocycles. The van der Waals surface area contributed by atoms with Crippen molar-refractivity contribution in [1.29, 1.82) is 0 Å². The van der Waals surface area contributed by atoms with E-state index in [4.69, 9.17) is 80.3 Å². The molecule has 0 spiro atoms. The molecule has 4 atom stereocenters. The van der Waals surface area contributed by atoms with Crippen LogP contribution in [0.5, 0.6) is 0 Å². The normalized spacial score (nSPS) is 13.5. The van der Waals surface area contributed by atoms with Gasteiger partial charge in [0.1, 0.15) is 0 Å². The van der Waals surface area contributed by atoms with E-state index in [1.54, 1.807) is 47.5 Å². The summed E-state index contributed by atoms with van der Waals surface area (Å²) in [7, 11) is -12.8. The Bertz CT molecular complexity index is 1790. The van der Waals surface area contributed by atoms with Crippen molar-refractivity contribution >= 4 is 92.1 Å². The Hall–Kier alpha value is -1.73. The van der Waals surface area contributed by atoms with E-state index in [9.17, 15) is 28.8 Å². The lowest BCUT2D eigenvalue weighted by Gasteiger charge is -2.38. The molecule has 0 aromatic heterocycles. The Morgan fingerprint density at radius 1 is 0.371 bits per heavy atom. The Morgan fingerprint density at radius 3 is 1.05 bits per heavy atom. The molecule has 3 N–H and O–H groups in total. The number of carbonyl (C=O) groups excluding carboxylic acids is 5. The van der Waals surface area contributed by atoms with Crippen molar-refractivity contribution in [2.24, 2.45) is 0 Å². The largest absolute Gasteiger partial charge is 0.500 e. The molecule has 0 aliphatic heterocycles. The second kappa shape index (κ2) is 71.3. The molecule has 32 heteroatoms. The van der Waals surface area contributed by atoms with Crippen molar-refractivity contribution in [3.05, 3.63) is 0 Å². The Kier molecular flexibility index (Phi) is 76.3. The van der Waals surface area contributed by atoms with E-state index >= 15 is 0 Å². The van der Waals surface area contributed by atoms with Crippen molar-refractivity contribution in [3.63, 3.8) is 0 Å². The molecule has 0 fully saturated rings. The zero-order valence-corrected chi connectivity index (χ0v) is 72.1. The van der Waals surface area contributed by atoms with Crippen LogP contribution in [0.3, 0.4) is 0 Å².